The number of carbonyl (C=O) groups excluding carboxylic acids is 1. The molecule has 1 unspecified atom stereocenters. The molecule has 1 aromatic rings. The van der Waals surface area contributed by atoms with E-state index in [1.165, 1.54) is 7.11 Å². The number of allylic oxidation sites excluding steroid dienone is 4. The van der Waals surface area contributed by atoms with Gasteiger partial charge in [0.25, 0.3) is 0 Å². The molecule has 1 N–H and O–H groups in total. The molecule has 1 aliphatic carbocycles. The molecule has 6 heteroatoms. The standard InChI is InChI=1S/C20H28N2O4/c1-13-19(22-14(2)26-13)7-8-25-17-6-4-5-15(9-17)18-12-21-11-16(18)10-20(23)24-3/h4-6,15-16,18,21H,7-12H2,1-3H3/t15?,16-,18-/m1/s1. The zero-order valence-electron chi connectivity index (χ0n) is 15.8. The first kappa shape index (κ1) is 18.7. The Morgan fingerprint density at radius 2 is 2.23 bits per heavy atom. The molecule has 6 nitrogen and oxygen atoms in total. The summed E-state index contributed by atoms with van der Waals surface area (Å²) in [5.41, 5.74) is 0.962. The van der Waals surface area contributed by atoms with Crippen LogP contribution in [0.4, 0.5) is 0 Å². The van der Waals surface area contributed by atoms with Gasteiger partial charge in [0.2, 0.25) is 0 Å². The molecule has 2 aliphatic rings. The molecule has 0 aromatic carbocycles. The van der Waals surface area contributed by atoms with Crippen molar-refractivity contribution in [1.29, 1.82) is 0 Å². The average Bonchev–Trinajstić information content (AvgIpc) is 3.21. The summed E-state index contributed by atoms with van der Waals surface area (Å²) in [7, 11) is 1.45. The van der Waals surface area contributed by atoms with Crippen molar-refractivity contribution in [2.24, 2.45) is 17.8 Å². The molecule has 2 heterocycles. The summed E-state index contributed by atoms with van der Waals surface area (Å²) in [6.07, 6.45) is 8.43. The highest BCUT2D eigenvalue weighted by Gasteiger charge is 2.35. The van der Waals surface area contributed by atoms with Gasteiger partial charge in [0, 0.05) is 26.2 Å². The number of oxazole rings is 1. The van der Waals surface area contributed by atoms with Crippen LogP contribution in [0.1, 0.15) is 30.2 Å². The first-order valence-corrected chi connectivity index (χ1v) is 9.27. The fourth-order valence-corrected chi connectivity index (χ4v) is 3.93. The van der Waals surface area contributed by atoms with Gasteiger partial charge in [-0.2, -0.15) is 0 Å². The van der Waals surface area contributed by atoms with Crippen LogP contribution in [0, 0.1) is 31.6 Å². The number of methoxy groups -OCH3 is 1. The Morgan fingerprint density at radius 1 is 1.38 bits per heavy atom. The van der Waals surface area contributed by atoms with E-state index in [9.17, 15) is 4.79 Å². The molecule has 1 fully saturated rings. The van der Waals surface area contributed by atoms with Gasteiger partial charge < -0.3 is 19.2 Å². The summed E-state index contributed by atoms with van der Waals surface area (Å²) in [6, 6.07) is 0. The van der Waals surface area contributed by atoms with E-state index in [1.54, 1.807) is 0 Å². The third kappa shape index (κ3) is 4.55. The Kier molecular flexibility index (Phi) is 6.14. The summed E-state index contributed by atoms with van der Waals surface area (Å²) < 4.78 is 16.3. The molecule has 3 rings (SSSR count). The van der Waals surface area contributed by atoms with Gasteiger partial charge in [-0.3, -0.25) is 4.79 Å². The highest BCUT2D eigenvalue weighted by molar-refractivity contribution is 5.69. The van der Waals surface area contributed by atoms with E-state index in [0.29, 0.717) is 36.7 Å². The van der Waals surface area contributed by atoms with Gasteiger partial charge in [-0.05, 0) is 43.8 Å². The normalized spacial score (nSPS) is 25.2. The van der Waals surface area contributed by atoms with Crippen molar-refractivity contribution >= 4 is 5.97 Å². The Morgan fingerprint density at radius 3 is 2.96 bits per heavy atom. The molecule has 1 saturated heterocycles. The monoisotopic (exact) mass is 360 g/mol. The fourth-order valence-electron chi connectivity index (χ4n) is 3.93. The van der Waals surface area contributed by atoms with Crippen LogP contribution in [0.2, 0.25) is 0 Å². The lowest BCUT2D eigenvalue weighted by Gasteiger charge is -2.27. The Hall–Kier alpha value is -2.08. The second-order valence-corrected chi connectivity index (χ2v) is 7.08. The first-order valence-electron chi connectivity index (χ1n) is 9.27. The van der Waals surface area contributed by atoms with Crippen molar-refractivity contribution in [3.8, 4) is 0 Å². The molecule has 3 atom stereocenters. The van der Waals surface area contributed by atoms with E-state index >= 15 is 0 Å². The van der Waals surface area contributed by atoms with Crippen molar-refractivity contribution in [2.45, 2.75) is 33.1 Å². The Bertz CT molecular complexity index is 692. The molecular formula is C20H28N2O4. The maximum Gasteiger partial charge on any atom is 0.305 e. The molecule has 142 valence electrons. The van der Waals surface area contributed by atoms with Crippen LogP contribution in [0.25, 0.3) is 0 Å². The van der Waals surface area contributed by atoms with Gasteiger partial charge >= 0.3 is 5.97 Å². The maximum absolute atomic E-state index is 11.6. The van der Waals surface area contributed by atoms with Crippen molar-refractivity contribution in [2.75, 3.05) is 26.8 Å². The fraction of sp³-hybridized carbons (Fsp3) is 0.600. The van der Waals surface area contributed by atoms with E-state index in [4.69, 9.17) is 13.9 Å². The summed E-state index contributed by atoms with van der Waals surface area (Å²) in [5, 5.41) is 3.42. The van der Waals surface area contributed by atoms with Gasteiger partial charge in [-0.25, -0.2) is 4.98 Å². The number of nitrogens with zero attached hydrogens (tertiary/aromatic N) is 1. The lowest BCUT2D eigenvalue weighted by atomic mass is 9.79. The number of ether oxygens (including phenoxy) is 2. The van der Waals surface area contributed by atoms with E-state index in [0.717, 1.165) is 43.1 Å². The van der Waals surface area contributed by atoms with Crippen LogP contribution in [0.5, 0.6) is 0 Å². The van der Waals surface area contributed by atoms with E-state index in [2.05, 4.69) is 22.5 Å². The highest BCUT2D eigenvalue weighted by atomic mass is 16.5. The Labute approximate surface area is 154 Å². The second-order valence-electron chi connectivity index (χ2n) is 7.08. The second kappa shape index (κ2) is 8.54. The molecule has 0 amide bonds. The van der Waals surface area contributed by atoms with Gasteiger partial charge in [0.15, 0.2) is 5.89 Å². The third-order valence-electron chi connectivity index (χ3n) is 5.30. The molecule has 0 radical (unpaired) electrons. The summed E-state index contributed by atoms with van der Waals surface area (Å²) in [6.45, 7) is 6.18. The number of aryl methyl sites for hydroxylation is 2. The van der Waals surface area contributed by atoms with Gasteiger partial charge in [0.1, 0.15) is 5.76 Å². The van der Waals surface area contributed by atoms with Crippen molar-refractivity contribution in [1.82, 2.24) is 10.3 Å². The van der Waals surface area contributed by atoms with Crippen molar-refractivity contribution in [3.05, 3.63) is 41.3 Å². The third-order valence-corrected chi connectivity index (χ3v) is 5.30. The topological polar surface area (TPSA) is 73.6 Å². The quantitative estimate of drug-likeness (QED) is 0.754. The number of hydrogen-bond donors (Lipinski definition) is 1. The summed E-state index contributed by atoms with van der Waals surface area (Å²) in [4.78, 5) is 16.0. The van der Waals surface area contributed by atoms with Crippen LogP contribution < -0.4 is 5.32 Å². The number of esters is 1. The predicted molar refractivity (Wildman–Crippen MR) is 97.4 cm³/mol. The largest absolute Gasteiger partial charge is 0.498 e. The minimum Gasteiger partial charge on any atom is -0.498 e. The van der Waals surface area contributed by atoms with Gasteiger partial charge in [-0.1, -0.05) is 12.2 Å². The zero-order valence-corrected chi connectivity index (χ0v) is 15.8. The number of aromatic nitrogens is 1. The van der Waals surface area contributed by atoms with Crippen LogP contribution in [0.3, 0.4) is 0 Å². The lowest BCUT2D eigenvalue weighted by molar-refractivity contribution is -0.142. The number of hydrogen-bond acceptors (Lipinski definition) is 6. The molecule has 0 saturated carbocycles. The molecule has 1 aromatic heterocycles. The number of nitrogens with one attached hydrogen (secondary N) is 1. The van der Waals surface area contributed by atoms with Crippen LogP contribution in [-0.2, 0) is 20.7 Å². The van der Waals surface area contributed by atoms with Crippen LogP contribution in [-0.4, -0.2) is 37.8 Å². The van der Waals surface area contributed by atoms with Gasteiger partial charge in [-0.15, -0.1) is 0 Å². The minimum absolute atomic E-state index is 0.131. The number of carbonyl (C=O) groups is 1. The van der Waals surface area contributed by atoms with Crippen molar-refractivity contribution in [3.63, 3.8) is 0 Å². The van der Waals surface area contributed by atoms with Crippen LogP contribution >= 0.6 is 0 Å². The van der Waals surface area contributed by atoms with E-state index in [-0.39, 0.29) is 5.97 Å². The van der Waals surface area contributed by atoms with Gasteiger partial charge in [0.05, 0.1) is 25.2 Å². The van der Waals surface area contributed by atoms with E-state index < -0.39 is 0 Å². The molecule has 1 aliphatic heterocycles. The molecule has 26 heavy (non-hydrogen) atoms. The minimum atomic E-state index is -0.131. The average molecular weight is 360 g/mol. The Balaban J connectivity index is 1.51. The smallest absolute Gasteiger partial charge is 0.305 e. The lowest BCUT2D eigenvalue weighted by Crippen LogP contribution is -2.25. The summed E-state index contributed by atoms with van der Waals surface area (Å²) >= 11 is 0. The highest BCUT2D eigenvalue weighted by Crippen LogP contribution is 2.34. The van der Waals surface area contributed by atoms with Crippen molar-refractivity contribution < 1.29 is 18.7 Å². The maximum atomic E-state index is 11.6. The zero-order chi connectivity index (χ0) is 18.5. The number of rotatable bonds is 7. The molecule has 0 bridgehead atoms. The van der Waals surface area contributed by atoms with E-state index in [1.807, 2.05) is 19.9 Å². The SMILES string of the molecule is COC(=O)C[C@@H]1CNC[C@@H]1C1C=CC=C(OCCc2nc(C)oc2C)C1. The summed E-state index contributed by atoms with van der Waals surface area (Å²) in [5.74, 6) is 3.56. The first-order chi connectivity index (χ1) is 12.6. The molecular weight excluding hydrogens is 332 g/mol. The predicted octanol–water partition coefficient (Wildman–Crippen LogP) is 2.71. The van der Waals surface area contributed by atoms with Crippen LogP contribution in [0.15, 0.2) is 28.4 Å². The molecule has 0 spiro atoms.